The Morgan fingerprint density at radius 2 is 1.40 bits per heavy atom. The van der Waals surface area contributed by atoms with Crippen molar-refractivity contribution in [2.75, 3.05) is 0 Å². The Hall–Kier alpha value is -0.563. The average Bonchev–Trinajstić information content (AvgIpc) is 1.99. The van der Waals surface area contributed by atoms with Gasteiger partial charge in [0.15, 0.2) is 0 Å². The smallest absolute Gasteiger partial charge is 0.0635 e. The molecule has 0 spiro atoms. The molecular weight excluding hydrogens is 196 g/mol. The van der Waals surface area contributed by atoms with Crippen molar-refractivity contribution in [3.05, 3.63) is 29.3 Å². The largest absolute Gasteiger partial charge is 0.0716 e. The lowest BCUT2D eigenvalue weighted by atomic mass is 9.75. The summed E-state index contributed by atoms with van der Waals surface area (Å²) in [6.07, 6.45) is 0. The standard InChI is InChI=1S/C14H21Si/c1-13(2,3)10-8-7-9-11(15)12(10)14(4,5)6/h7-9H,1-6H3. The van der Waals surface area contributed by atoms with Gasteiger partial charge in [0.2, 0.25) is 0 Å². The molecule has 1 heteroatoms. The molecule has 0 aliphatic heterocycles. The molecule has 0 bridgehead atoms. The quantitative estimate of drug-likeness (QED) is 0.586. The van der Waals surface area contributed by atoms with E-state index in [2.05, 4.69) is 70.0 Å². The Morgan fingerprint density at radius 1 is 0.867 bits per heavy atom. The van der Waals surface area contributed by atoms with E-state index in [1.807, 2.05) is 0 Å². The minimum Gasteiger partial charge on any atom is -0.0635 e. The minimum atomic E-state index is 0.182. The maximum Gasteiger partial charge on any atom is 0.0716 e. The van der Waals surface area contributed by atoms with Gasteiger partial charge in [-0.05, 0) is 22.0 Å². The second kappa shape index (κ2) is 3.78. The van der Waals surface area contributed by atoms with Gasteiger partial charge in [0, 0.05) is 0 Å². The lowest BCUT2D eigenvalue weighted by Gasteiger charge is -2.31. The summed E-state index contributed by atoms with van der Waals surface area (Å²) < 4.78 is 0. The van der Waals surface area contributed by atoms with Crippen LogP contribution in [0.1, 0.15) is 52.7 Å². The Kier molecular flexibility index (Phi) is 3.15. The number of hydrogen-bond acceptors (Lipinski definition) is 0. The van der Waals surface area contributed by atoms with Crippen LogP contribution in [0.15, 0.2) is 18.2 Å². The molecule has 3 radical (unpaired) electrons. The van der Waals surface area contributed by atoms with Crippen molar-refractivity contribution in [3.8, 4) is 0 Å². The SMILES string of the molecule is CC(C)(C)c1cccc([Si])c1C(C)(C)C. The van der Waals surface area contributed by atoms with Crippen molar-refractivity contribution in [3.63, 3.8) is 0 Å². The van der Waals surface area contributed by atoms with Crippen LogP contribution in [0.2, 0.25) is 0 Å². The summed E-state index contributed by atoms with van der Waals surface area (Å²) in [6.45, 7) is 13.6. The second-order valence-electron chi connectivity index (χ2n) is 6.23. The van der Waals surface area contributed by atoms with Gasteiger partial charge < -0.3 is 0 Å². The third-order valence-corrected chi connectivity index (χ3v) is 3.04. The van der Waals surface area contributed by atoms with E-state index < -0.39 is 0 Å². The molecule has 0 atom stereocenters. The van der Waals surface area contributed by atoms with Crippen molar-refractivity contribution >= 4 is 15.4 Å². The molecule has 0 aromatic heterocycles. The molecule has 15 heavy (non-hydrogen) atoms. The molecule has 0 amide bonds. The highest BCUT2D eigenvalue weighted by Gasteiger charge is 2.25. The topological polar surface area (TPSA) is 0 Å². The summed E-state index contributed by atoms with van der Waals surface area (Å²) in [4.78, 5) is 0. The molecule has 0 aliphatic carbocycles. The lowest BCUT2D eigenvalue weighted by molar-refractivity contribution is 0.533. The molecule has 0 aliphatic rings. The van der Waals surface area contributed by atoms with Crippen LogP contribution in [0.4, 0.5) is 0 Å². The molecule has 0 saturated carbocycles. The van der Waals surface area contributed by atoms with Gasteiger partial charge >= 0.3 is 0 Å². The van der Waals surface area contributed by atoms with E-state index in [0.29, 0.717) is 0 Å². The van der Waals surface area contributed by atoms with E-state index >= 15 is 0 Å². The van der Waals surface area contributed by atoms with Crippen molar-refractivity contribution in [1.29, 1.82) is 0 Å². The maximum atomic E-state index is 3.73. The van der Waals surface area contributed by atoms with E-state index in [1.54, 1.807) is 0 Å². The molecule has 1 aromatic rings. The summed E-state index contributed by atoms with van der Waals surface area (Å²) in [7, 11) is 3.73. The van der Waals surface area contributed by atoms with E-state index in [9.17, 15) is 0 Å². The second-order valence-corrected chi connectivity index (χ2v) is 6.77. The van der Waals surface area contributed by atoms with Crippen molar-refractivity contribution in [1.82, 2.24) is 0 Å². The lowest BCUT2D eigenvalue weighted by Crippen LogP contribution is -2.29. The van der Waals surface area contributed by atoms with Crippen LogP contribution in [0.5, 0.6) is 0 Å². The van der Waals surface area contributed by atoms with Crippen LogP contribution in [0.25, 0.3) is 0 Å². The van der Waals surface area contributed by atoms with Crippen molar-refractivity contribution in [2.45, 2.75) is 52.4 Å². The van der Waals surface area contributed by atoms with Gasteiger partial charge in [-0.2, -0.15) is 0 Å². The fourth-order valence-corrected chi connectivity index (χ4v) is 2.59. The Balaban J connectivity index is 3.48. The molecule has 0 unspecified atom stereocenters. The highest BCUT2D eigenvalue weighted by Crippen LogP contribution is 2.32. The molecule has 0 heterocycles. The van der Waals surface area contributed by atoms with Crippen molar-refractivity contribution < 1.29 is 0 Å². The first kappa shape index (κ1) is 12.5. The predicted molar refractivity (Wildman–Crippen MR) is 69.2 cm³/mol. The zero-order chi connectivity index (χ0) is 11.9. The number of hydrogen-bond donors (Lipinski definition) is 0. The summed E-state index contributed by atoms with van der Waals surface area (Å²) in [5, 5.41) is 1.22. The van der Waals surface area contributed by atoms with Gasteiger partial charge in [-0.1, -0.05) is 64.9 Å². The fourth-order valence-electron chi connectivity index (χ4n) is 1.99. The van der Waals surface area contributed by atoms with E-state index in [4.69, 9.17) is 0 Å². The molecule has 0 saturated heterocycles. The first-order chi connectivity index (χ1) is 6.64. The molecule has 81 valence electrons. The highest BCUT2D eigenvalue weighted by molar-refractivity contribution is 6.33. The molecule has 1 aromatic carbocycles. The first-order valence-corrected chi connectivity index (χ1v) is 5.99. The zero-order valence-electron chi connectivity index (χ0n) is 10.7. The third kappa shape index (κ3) is 2.72. The number of benzene rings is 1. The van der Waals surface area contributed by atoms with Crippen LogP contribution in [-0.4, -0.2) is 10.2 Å². The third-order valence-electron chi connectivity index (χ3n) is 2.62. The van der Waals surface area contributed by atoms with Gasteiger partial charge in [0.25, 0.3) is 0 Å². The molecule has 0 N–H and O–H groups in total. The minimum absolute atomic E-state index is 0.182. The van der Waals surface area contributed by atoms with Gasteiger partial charge in [0.05, 0.1) is 10.2 Å². The summed E-state index contributed by atoms with van der Waals surface area (Å²) >= 11 is 0. The summed E-state index contributed by atoms with van der Waals surface area (Å²) in [6, 6.07) is 6.50. The van der Waals surface area contributed by atoms with Crippen LogP contribution < -0.4 is 5.19 Å². The number of rotatable bonds is 0. The first-order valence-electron chi connectivity index (χ1n) is 5.49. The Labute approximate surface area is 97.5 Å². The molecular formula is C14H21Si. The highest BCUT2D eigenvalue weighted by atomic mass is 28.1. The van der Waals surface area contributed by atoms with Gasteiger partial charge in [0.1, 0.15) is 0 Å². The Bertz CT molecular complexity index is 351. The fraction of sp³-hybridized carbons (Fsp3) is 0.571. The van der Waals surface area contributed by atoms with Crippen LogP contribution in [-0.2, 0) is 10.8 Å². The summed E-state index contributed by atoms with van der Waals surface area (Å²) in [5.74, 6) is 0. The van der Waals surface area contributed by atoms with Gasteiger partial charge in [-0.15, -0.1) is 0 Å². The Morgan fingerprint density at radius 3 is 1.73 bits per heavy atom. The predicted octanol–water partition coefficient (Wildman–Crippen LogP) is 3.08. The molecule has 1 rings (SSSR count). The van der Waals surface area contributed by atoms with Gasteiger partial charge in [-0.3, -0.25) is 0 Å². The molecule has 0 nitrogen and oxygen atoms in total. The van der Waals surface area contributed by atoms with E-state index in [0.717, 1.165) is 0 Å². The monoisotopic (exact) mass is 217 g/mol. The molecule has 0 fully saturated rings. The average molecular weight is 217 g/mol. The normalized spacial score (nSPS) is 13.0. The van der Waals surface area contributed by atoms with Crippen LogP contribution >= 0.6 is 0 Å². The van der Waals surface area contributed by atoms with E-state index in [-0.39, 0.29) is 10.8 Å². The zero-order valence-corrected chi connectivity index (χ0v) is 11.7. The maximum absolute atomic E-state index is 3.73. The van der Waals surface area contributed by atoms with Crippen molar-refractivity contribution in [2.24, 2.45) is 0 Å². The van der Waals surface area contributed by atoms with Gasteiger partial charge in [-0.25, -0.2) is 0 Å². The summed E-state index contributed by atoms with van der Waals surface area (Å²) in [5.41, 5.74) is 3.24. The van der Waals surface area contributed by atoms with Crippen LogP contribution in [0, 0.1) is 0 Å². The van der Waals surface area contributed by atoms with Crippen LogP contribution in [0.3, 0.4) is 0 Å². The van der Waals surface area contributed by atoms with E-state index in [1.165, 1.54) is 16.3 Å².